The molecule has 1 aliphatic heterocycles. The zero-order chi connectivity index (χ0) is 21.9. The Morgan fingerprint density at radius 2 is 1.67 bits per heavy atom. The number of benzene rings is 1. The van der Waals surface area contributed by atoms with Crippen LogP contribution in [0.2, 0.25) is 0 Å². The number of carbonyl (C=O) groups excluding carboxylic acids is 3. The number of hydrogen-bond acceptors (Lipinski definition) is 4. The second-order valence-corrected chi connectivity index (χ2v) is 6.63. The Balaban J connectivity index is 1.66. The van der Waals surface area contributed by atoms with Gasteiger partial charge in [0.2, 0.25) is 5.91 Å². The van der Waals surface area contributed by atoms with E-state index in [0.717, 1.165) is 12.1 Å². The van der Waals surface area contributed by atoms with E-state index in [0.29, 0.717) is 0 Å². The second kappa shape index (κ2) is 8.47. The lowest BCUT2D eigenvalue weighted by atomic mass is 10.1. The summed E-state index contributed by atoms with van der Waals surface area (Å²) in [7, 11) is 0. The minimum Gasteiger partial charge on any atom is -0.459 e. The fourth-order valence-electron chi connectivity index (χ4n) is 3.03. The van der Waals surface area contributed by atoms with Crippen molar-refractivity contribution in [3.8, 4) is 0 Å². The normalized spacial score (nSPS) is 14.4. The van der Waals surface area contributed by atoms with Crippen molar-refractivity contribution in [3.05, 3.63) is 47.9 Å². The second-order valence-electron chi connectivity index (χ2n) is 6.63. The third-order valence-corrected chi connectivity index (χ3v) is 4.47. The van der Waals surface area contributed by atoms with E-state index in [1.807, 2.05) is 0 Å². The quantitative estimate of drug-likeness (QED) is 0.791. The van der Waals surface area contributed by atoms with Gasteiger partial charge in [-0.05, 0) is 30.3 Å². The van der Waals surface area contributed by atoms with E-state index in [4.69, 9.17) is 4.42 Å². The van der Waals surface area contributed by atoms with Crippen LogP contribution in [-0.2, 0) is 11.0 Å². The molecule has 4 amide bonds. The summed E-state index contributed by atoms with van der Waals surface area (Å²) < 4.78 is 45.3. The highest BCUT2D eigenvalue weighted by molar-refractivity contribution is 5.93. The van der Waals surface area contributed by atoms with Gasteiger partial charge >= 0.3 is 12.2 Å². The summed E-state index contributed by atoms with van der Waals surface area (Å²) in [6.07, 6.45) is -3.35. The zero-order valence-electron chi connectivity index (χ0n) is 16.0. The molecule has 11 heteroatoms. The molecule has 0 unspecified atom stereocenters. The van der Waals surface area contributed by atoms with Gasteiger partial charge in [-0.15, -0.1) is 0 Å². The first kappa shape index (κ1) is 21.2. The molecule has 160 valence electrons. The van der Waals surface area contributed by atoms with Gasteiger partial charge in [-0.25, -0.2) is 4.79 Å². The first-order chi connectivity index (χ1) is 14.1. The lowest BCUT2D eigenvalue weighted by Crippen LogP contribution is -2.51. The van der Waals surface area contributed by atoms with Gasteiger partial charge in [0.25, 0.3) is 5.91 Å². The van der Waals surface area contributed by atoms with Crippen LogP contribution in [-0.4, -0.2) is 53.8 Å². The number of carbonyl (C=O) groups is 3. The predicted octanol–water partition coefficient (Wildman–Crippen LogP) is 3.25. The van der Waals surface area contributed by atoms with Crippen molar-refractivity contribution < 1.29 is 32.0 Å². The fourth-order valence-corrected chi connectivity index (χ4v) is 3.03. The lowest BCUT2D eigenvalue weighted by Gasteiger charge is -2.34. The minimum absolute atomic E-state index is 0.0297. The molecule has 2 N–H and O–H groups in total. The van der Waals surface area contributed by atoms with E-state index < -0.39 is 29.4 Å². The first-order valence-electron chi connectivity index (χ1n) is 9.02. The van der Waals surface area contributed by atoms with Crippen molar-refractivity contribution >= 4 is 29.2 Å². The number of piperazine rings is 1. The number of nitrogens with zero attached hydrogens (tertiary/aromatic N) is 2. The Hall–Kier alpha value is -3.50. The van der Waals surface area contributed by atoms with Crippen LogP contribution in [0.4, 0.5) is 29.3 Å². The molecule has 0 aliphatic carbocycles. The van der Waals surface area contributed by atoms with Crippen molar-refractivity contribution in [1.29, 1.82) is 0 Å². The van der Waals surface area contributed by atoms with Gasteiger partial charge < -0.3 is 24.9 Å². The zero-order valence-corrected chi connectivity index (χ0v) is 16.0. The van der Waals surface area contributed by atoms with Crippen molar-refractivity contribution in [2.45, 2.75) is 13.1 Å². The largest absolute Gasteiger partial charge is 0.459 e. The van der Waals surface area contributed by atoms with Gasteiger partial charge in [-0.1, -0.05) is 0 Å². The van der Waals surface area contributed by atoms with E-state index in [9.17, 15) is 27.6 Å². The molecule has 1 aromatic carbocycles. The summed E-state index contributed by atoms with van der Waals surface area (Å²) in [5.74, 6) is -0.642. The molecular weight excluding hydrogens is 405 g/mol. The molecule has 0 atom stereocenters. The maximum atomic E-state index is 13.4. The van der Waals surface area contributed by atoms with Crippen LogP contribution in [0.15, 0.2) is 41.0 Å². The molecule has 30 heavy (non-hydrogen) atoms. The topological polar surface area (TPSA) is 94.9 Å². The van der Waals surface area contributed by atoms with E-state index in [1.54, 1.807) is 6.07 Å². The van der Waals surface area contributed by atoms with E-state index in [-0.39, 0.29) is 43.5 Å². The van der Waals surface area contributed by atoms with E-state index in [1.165, 1.54) is 35.1 Å². The van der Waals surface area contributed by atoms with E-state index >= 15 is 0 Å². The summed E-state index contributed by atoms with van der Waals surface area (Å²) in [6.45, 7) is 1.94. The van der Waals surface area contributed by atoms with Gasteiger partial charge in [0.05, 0.1) is 17.5 Å². The summed E-state index contributed by atoms with van der Waals surface area (Å²) in [5, 5.41) is 4.55. The molecular formula is C19H19F3N4O4. The fraction of sp³-hybridized carbons (Fsp3) is 0.316. The van der Waals surface area contributed by atoms with Crippen LogP contribution < -0.4 is 10.6 Å². The van der Waals surface area contributed by atoms with E-state index in [2.05, 4.69) is 10.6 Å². The third-order valence-electron chi connectivity index (χ3n) is 4.47. The average Bonchev–Trinajstić information content (AvgIpc) is 3.22. The number of hydrogen-bond donors (Lipinski definition) is 2. The maximum Gasteiger partial charge on any atom is 0.418 e. The molecule has 2 aromatic rings. The Labute approximate surface area is 169 Å². The first-order valence-corrected chi connectivity index (χ1v) is 9.02. The summed E-state index contributed by atoms with van der Waals surface area (Å²) in [5.41, 5.74) is -1.53. The van der Waals surface area contributed by atoms with Crippen LogP contribution in [0.25, 0.3) is 0 Å². The lowest BCUT2D eigenvalue weighted by molar-refractivity contribution is -0.137. The number of urea groups is 1. The molecule has 1 aliphatic rings. The van der Waals surface area contributed by atoms with Crippen LogP contribution in [0, 0.1) is 0 Å². The number of halogens is 3. The van der Waals surface area contributed by atoms with Gasteiger partial charge in [0.15, 0.2) is 5.76 Å². The monoisotopic (exact) mass is 424 g/mol. The molecule has 2 heterocycles. The van der Waals surface area contributed by atoms with Crippen molar-refractivity contribution in [2.24, 2.45) is 0 Å². The molecule has 0 saturated carbocycles. The third kappa shape index (κ3) is 4.91. The summed E-state index contributed by atoms with van der Waals surface area (Å²) in [6, 6.07) is 5.53. The Bertz CT molecular complexity index is 936. The smallest absolute Gasteiger partial charge is 0.418 e. The number of alkyl halides is 3. The standard InChI is InChI=1S/C19H19F3N4O4/c1-12(27)23-13-4-5-15(14(11-13)19(20,21)22)24-18(29)26-8-6-25(7-9-26)17(28)16-3-2-10-30-16/h2-5,10-11H,6-9H2,1H3,(H,23,27)(H,24,29). The Kier molecular flexibility index (Phi) is 5.99. The SMILES string of the molecule is CC(=O)Nc1ccc(NC(=O)N2CCN(C(=O)c3ccco3)CC2)c(C(F)(F)F)c1. The molecule has 1 saturated heterocycles. The van der Waals surface area contributed by atoms with Crippen molar-refractivity contribution in [2.75, 3.05) is 36.8 Å². The van der Waals surface area contributed by atoms with Gasteiger partial charge in [0, 0.05) is 38.8 Å². The van der Waals surface area contributed by atoms with Crippen LogP contribution >= 0.6 is 0 Å². The Morgan fingerprint density at radius 3 is 2.23 bits per heavy atom. The minimum atomic E-state index is -4.73. The molecule has 0 radical (unpaired) electrons. The van der Waals surface area contributed by atoms with Crippen LogP contribution in [0.1, 0.15) is 23.0 Å². The maximum absolute atomic E-state index is 13.4. The number of anilines is 2. The summed E-state index contributed by atoms with van der Waals surface area (Å²) in [4.78, 5) is 38.6. The molecule has 0 bridgehead atoms. The molecule has 0 spiro atoms. The number of amides is 4. The highest BCUT2D eigenvalue weighted by Gasteiger charge is 2.35. The molecule has 1 fully saturated rings. The highest BCUT2D eigenvalue weighted by Crippen LogP contribution is 2.36. The number of nitrogens with one attached hydrogen (secondary N) is 2. The van der Waals surface area contributed by atoms with Crippen LogP contribution in [0.5, 0.6) is 0 Å². The van der Waals surface area contributed by atoms with Gasteiger partial charge in [-0.2, -0.15) is 13.2 Å². The van der Waals surface area contributed by atoms with Crippen LogP contribution in [0.3, 0.4) is 0 Å². The van der Waals surface area contributed by atoms with Gasteiger partial charge in [0.1, 0.15) is 0 Å². The number of rotatable bonds is 3. The summed E-state index contributed by atoms with van der Waals surface area (Å²) >= 11 is 0. The van der Waals surface area contributed by atoms with Crippen molar-refractivity contribution in [3.63, 3.8) is 0 Å². The molecule has 1 aromatic heterocycles. The molecule has 8 nitrogen and oxygen atoms in total. The van der Waals surface area contributed by atoms with Gasteiger partial charge in [-0.3, -0.25) is 9.59 Å². The number of furan rings is 1. The highest BCUT2D eigenvalue weighted by atomic mass is 19.4. The average molecular weight is 424 g/mol. The Morgan fingerprint density at radius 1 is 1.00 bits per heavy atom. The predicted molar refractivity (Wildman–Crippen MR) is 101 cm³/mol. The van der Waals surface area contributed by atoms with Crippen molar-refractivity contribution in [1.82, 2.24) is 9.80 Å². The molecule has 3 rings (SSSR count).